The van der Waals surface area contributed by atoms with Gasteiger partial charge in [0.15, 0.2) is 0 Å². The smallest absolute Gasteiger partial charge is 0.0733 e. The van der Waals surface area contributed by atoms with Crippen molar-refractivity contribution in [3.8, 4) is 0 Å². The molecule has 0 aromatic carbocycles. The summed E-state index contributed by atoms with van der Waals surface area (Å²) in [6.45, 7) is 8.42. The van der Waals surface area contributed by atoms with Gasteiger partial charge in [0, 0.05) is 6.54 Å². The summed E-state index contributed by atoms with van der Waals surface area (Å²) in [5.41, 5.74) is 0. The van der Waals surface area contributed by atoms with Crippen LogP contribution in [0.1, 0.15) is 33.6 Å². The Labute approximate surface area is 64.4 Å². The van der Waals surface area contributed by atoms with Crippen molar-refractivity contribution in [3.63, 3.8) is 0 Å². The van der Waals surface area contributed by atoms with Crippen LogP contribution in [0.5, 0.6) is 0 Å². The molecule has 0 fully saturated rings. The molecule has 0 aliphatic heterocycles. The molecule has 0 aromatic heterocycles. The van der Waals surface area contributed by atoms with E-state index in [1.54, 1.807) is 0 Å². The molecule has 0 aliphatic rings. The first kappa shape index (κ1) is 9.92. The minimum absolute atomic E-state index is 0.393. The Kier molecular flexibility index (Phi) is 6.98. The molecule has 0 aromatic rings. The molecule has 1 N–H and O–H groups in total. The Morgan fingerprint density at radius 2 is 2.00 bits per heavy atom. The van der Waals surface area contributed by atoms with Gasteiger partial charge in [-0.3, -0.25) is 0 Å². The van der Waals surface area contributed by atoms with Gasteiger partial charge in [0.1, 0.15) is 0 Å². The highest BCUT2D eigenvalue weighted by Crippen LogP contribution is 1.86. The van der Waals surface area contributed by atoms with Gasteiger partial charge in [-0.15, -0.1) is 0 Å². The van der Waals surface area contributed by atoms with Gasteiger partial charge in [-0.1, -0.05) is 20.8 Å². The van der Waals surface area contributed by atoms with E-state index in [0.717, 1.165) is 19.5 Å². The Morgan fingerprint density at radius 3 is 2.40 bits per heavy atom. The summed E-state index contributed by atoms with van der Waals surface area (Å²) in [6, 6.07) is 0. The fraction of sp³-hybridized carbons (Fsp3) is 1.00. The maximum atomic E-state index is 4.37. The van der Waals surface area contributed by atoms with Crippen molar-refractivity contribution in [1.29, 1.82) is 0 Å². The second-order valence-electron chi connectivity index (χ2n) is 2.38. The summed E-state index contributed by atoms with van der Waals surface area (Å²) in [4.78, 5) is 0. The molecule has 1 atom stereocenters. The molecule has 1 unspecified atom stereocenters. The normalized spacial score (nSPS) is 13.5. The third-order valence-corrected chi connectivity index (χ3v) is 1.42. The van der Waals surface area contributed by atoms with Crippen LogP contribution in [0, 0.1) is 0 Å². The van der Waals surface area contributed by atoms with E-state index in [2.05, 4.69) is 31.4 Å². The van der Waals surface area contributed by atoms with Crippen LogP contribution in [-0.2, 0) is 0 Å². The highest BCUT2D eigenvalue weighted by molar-refractivity contribution is 4.59. The van der Waals surface area contributed by atoms with Crippen molar-refractivity contribution in [3.05, 3.63) is 0 Å². The quantitative estimate of drug-likeness (QED) is 0.596. The van der Waals surface area contributed by atoms with Crippen LogP contribution in [0.25, 0.3) is 0 Å². The molecular weight excluding hydrogens is 124 g/mol. The van der Waals surface area contributed by atoms with E-state index in [-0.39, 0.29) is 0 Å². The molecule has 61 valence electrons. The third-order valence-electron chi connectivity index (χ3n) is 1.42. The SMILES string of the molecule is CCCNC(CC)[N]CC. The second-order valence-corrected chi connectivity index (χ2v) is 2.38. The van der Waals surface area contributed by atoms with Gasteiger partial charge in [-0.25, -0.2) is 5.32 Å². The number of hydrogen-bond donors (Lipinski definition) is 1. The van der Waals surface area contributed by atoms with Gasteiger partial charge in [0.25, 0.3) is 0 Å². The van der Waals surface area contributed by atoms with Crippen LogP contribution in [0.2, 0.25) is 0 Å². The van der Waals surface area contributed by atoms with Crippen molar-refractivity contribution in [1.82, 2.24) is 10.6 Å². The zero-order valence-corrected chi connectivity index (χ0v) is 7.35. The fourth-order valence-corrected chi connectivity index (χ4v) is 0.869. The van der Waals surface area contributed by atoms with E-state index in [1.807, 2.05) is 0 Å². The van der Waals surface area contributed by atoms with Crippen molar-refractivity contribution < 1.29 is 0 Å². The minimum atomic E-state index is 0.393. The predicted octanol–water partition coefficient (Wildman–Crippen LogP) is 1.35. The molecule has 0 spiro atoms. The van der Waals surface area contributed by atoms with E-state index >= 15 is 0 Å². The summed E-state index contributed by atoms with van der Waals surface area (Å²) in [5, 5.41) is 7.72. The van der Waals surface area contributed by atoms with Gasteiger partial charge in [0.05, 0.1) is 6.17 Å². The number of hydrogen-bond acceptors (Lipinski definition) is 1. The fourth-order valence-electron chi connectivity index (χ4n) is 0.869. The van der Waals surface area contributed by atoms with E-state index in [9.17, 15) is 0 Å². The van der Waals surface area contributed by atoms with Gasteiger partial charge >= 0.3 is 0 Å². The van der Waals surface area contributed by atoms with Crippen LogP contribution < -0.4 is 10.6 Å². The zero-order chi connectivity index (χ0) is 7.82. The standard InChI is InChI=1S/C8H19N2/c1-4-7-10-8(5-2)9-6-3/h8,10H,4-7H2,1-3H3. The van der Waals surface area contributed by atoms with E-state index in [4.69, 9.17) is 0 Å². The van der Waals surface area contributed by atoms with Crippen molar-refractivity contribution in [2.45, 2.75) is 39.8 Å². The average Bonchev–Trinajstić information content (AvgIpc) is 1.98. The molecule has 10 heavy (non-hydrogen) atoms. The average molecular weight is 143 g/mol. The first-order valence-corrected chi connectivity index (χ1v) is 4.25. The molecule has 0 rings (SSSR count). The topological polar surface area (TPSA) is 26.1 Å². The lowest BCUT2D eigenvalue weighted by Gasteiger charge is -2.14. The van der Waals surface area contributed by atoms with Crippen LogP contribution in [0.4, 0.5) is 0 Å². The largest absolute Gasteiger partial charge is 0.301 e. The molecule has 1 radical (unpaired) electrons. The van der Waals surface area contributed by atoms with Crippen LogP contribution in [0.15, 0.2) is 0 Å². The van der Waals surface area contributed by atoms with Crippen molar-refractivity contribution in [2.75, 3.05) is 13.1 Å². The summed E-state index contributed by atoms with van der Waals surface area (Å²) >= 11 is 0. The number of nitrogens with one attached hydrogen (secondary N) is 1. The monoisotopic (exact) mass is 143 g/mol. The molecule has 0 aliphatic carbocycles. The first-order valence-electron chi connectivity index (χ1n) is 4.25. The Balaban J connectivity index is 3.21. The van der Waals surface area contributed by atoms with Crippen LogP contribution >= 0.6 is 0 Å². The summed E-state index contributed by atoms with van der Waals surface area (Å²) < 4.78 is 0. The number of nitrogens with zero attached hydrogens (tertiary/aromatic N) is 1. The Bertz CT molecular complexity index is 64.3. The lowest BCUT2D eigenvalue weighted by molar-refractivity contribution is 0.415. The zero-order valence-electron chi connectivity index (χ0n) is 7.35. The molecule has 2 nitrogen and oxygen atoms in total. The van der Waals surface area contributed by atoms with E-state index in [0.29, 0.717) is 6.17 Å². The first-order chi connectivity index (χ1) is 4.85. The maximum Gasteiger partial charge on any atom is 0.0733 e. The molecule has 0 heterocycles. The second kappa shape index (κ2) is 7.03. The lowest BCUT2D eigenvalue weighted by atomic mass is 10.3. The molecule has 0 amide bonds. The van der Waals surface area contributed by atoms with Gasteiger partial charge in [-0.05, 0) is 19.4 Å². The van der Waals surface area contributed by atoms with Gasteiger partial charge in [-0.2, -0.15) is 0 Å². The van der Waals surface area contributed by atoms with Gasteiger partial charge in [0.2, 0.25) is 0 Å². The Hall–Kier alpha value is -0.0800. The van der Waals surface area contributed by atoms with Crippen LogP contribution in [-0.4, -0.2) is 19.3 Å². The summed E-state index contributed by atoms with van der Waals surface area (Å²) in [7, 11) is 0. The maximum absolute atomic E-state index is 4.37. The molecule has 2 heteroatoms. The van der Waals surface area contributed by atoms with Crippen molar-refractivity contribution in [2.24, 2.45) is 0 Å². The highest BCUT2D eigenvalue weighted by Gasteiger charge is 2.01. The highest BCUT2D eigenvalue weighted by atomic mass is 15.1. The van der Waals surface area contributed by atoms with E-state index < -0.39 is 0 Å². The van der Waals surface area contributed by atoms with Gasteiger partial charge < -0.3 is 5.32 Å². The molecular formula is C8H19N2. The van der Waals surface area contributed by atoms with E-state index in [1.165, 1.54) is 6.42 Å². The predicted molar refractivity (Wildman–Crippen MR) is 45.0 cm³/mol. The number of rotatable bonds is 6. The summed E-state index contributed by atoms with van der Waals surface area (Å²) in [5.74, 6) is 0. The minimum Gasteiger partial charge on any atom is -0.301 e. The lowest BCUT2D eigenvalue weighted by Crippen LogP contribution is -2.37. The molecule has 0 saturated carbocycles. The summed E-state index contributed by atoms with van der Waals surface area (Å²) in [6.07, 6.45) is 2.69. The Morgan fingerprint density at radius 1 is 1.30 bits per heavy atom. The molecule has 0 bridgehead atoms. The molecule has 0 saturated heterocycles. The third kappa shape index (κ3) is 4.77. The van der Waals surface area contributed by atoms with Crippen molar-refractivity contribution >= 4 is 0 Å². The van der Waals surface area contributed by atoms with Crippen LogP contribution in [0.3, 0.4) is 0 Å².